The Kier molecular flexibility index (Phi) is 5.54. The lowest BCUT2D eigenvalue weighted by molar-refractivity contribution is 0.183. The maximum atomic E-state index is 3.41. The molecule has 2 nitrogen and oxygen atoms in total. The zero-order valence-corrected chi connectivity index (χ0v) is 12.3. The molecule has 0 aliphatic carbocycles. The van der Waals surface area contributed by atoms with Crippen molar-refractivity contribution < 1.29 is 0 Å². The van der Waals surface area contributed by atoms with E-state index in [4.69, 9.17) is 0 Å². The fourth-order valence-corrected chi connectivity index (χ4v) is 3.14. The molecule has 2 rings (SSSR count). The van der Waals surface area contributed by atoms with E-state index < -0.39 is 0 Å². The van der Waals surface area contributed by atoms with Gasteiger partial charge in [-0.3, -0.25) is 4.90 Å². The molecule has 1 unspecified atom stereocenters. The molecule has 1 heterocycles. The van der Waals surface area contributed by atoms with Gasteiger partial charge in [-0.15, -0.1) is 11.8 Å². The van der Waals surface area contributed by atoms with E-state index >= 15 is 0 Å². The van der Waals surface area contributed by atoms with Crippen molar-refractivity contribution in [3.05, 3.63) is 29.8 Å². The van der Waals surface area contributed by atoms with Crippen molar-refractivity contribution in [1.82, 2.24) is 10.2 Å². The van der Waals surface area contributed by atoms with Crippen molar-refractivity contribution in [3.63, 3.8) is 0 Å². The molecule has 1 aliphatic heterocycles. The molecule has 0 aromatic heterocycles. The number of nitrogens with zero attached hydrogens (tertiary/aromatic N) is 1. The lowest BCUT2D eigenvalue weighted by Gasteiger charge is -2.32. The Labute approximate surface area is 115 Å². The predicted octanol–water partition coefficient (Wildman–Crippen LogP) is 2.63. The van der Waals surface area contributed by atoms with Crippen LogP contribution < -0.4 is 5.32 Å². The monoisotopic (exact) mass is 264 g/mol. The van der Waals surface area contributed by atoms with Crippen LogP contribution in [0.4, 0.5) is 0 Å². The molecule has 3 heteroatoms. The first-order chi connectivity index (χ1) is 8.79. The average molecular weight is 264 g/mol. The molecule has 1 aromatic rings. The van der Waals surface area contributed by atoms with E-state index in [1.165, 1.54) is 23.5 Å². The summed E-state index contributed by atoms with van der Waals surface area (Å²) in [6.07, 6.45) is 1.16. The van der Waals surface area contributed by atoms with Gasteiger partial charge in [-0.2, -0.15) is 0 Å². The molecule has 0 radical (unpaired) electrons. The Hall–Kier alpha value is -0.510. The summed E-state index contributed by atoms with van der Waals surface area (Å²) in [5, 5.41) is 3.41. The number of benzene rings is 1. The zero-order valence-electron chi connectivity index (χ0n) is 11.5. The number of rotatable bonds is 5. The van der Waals surface area contributed by atoms with E-state index in [-0.39, 0.29) is 0 Å². The van der Waals surface area contributed by atoms with Gasteiger partial charge in [0.25, 0.3) is 0 Å². The van der Waals surface area contributed by atoms with Crippen LogP contribution in [0, 0.1) is 0 Å². The van der Waals surface area contributed by atoms with Gasteiger partial charge in [0.2, 0.25) is 0 Å². The van der Waals surface area contributed by atoms with Crippen molar-refractivity contribution in [2.75, 3.05) is 31.9 Å². The number of hydrogen-bond donors (Lipinski definition) is 1. The van der Waals surface area contributed by atoms with Crippen molar-refractivity contribution in [1.29, 1.82) is 0 Å². The minimum absolute atomic E-state index is 0.650. The molecule has 0 spiro atoms. The topological polar surface area (TPSA) is 15.3 Å². The van der Waals surface area contributed by atoms with Crippen molar-refractivity contribution >= 4 is 11.8 Å². The van der Waals surface area contributed by atoms with Crippen molar-refractivity contribution in [2.45, 2.75) is 31.2 Å². The summed E-state index contributed by atoms with van der Waals surface area (Å²) >= 11 is 1.91. The average Bonchev–Trinajstić information content (AvgIpc) is 2.42. The van der Waals surface area contributed by atoms with Crippen LogP contribution in [0.1, 0.15) is 19.4 Å². The van der Waals surface area contributed by atoms with Crippen LogP contribution in [-0.4, -0.2) is 42.9 Å². The van der Waals surface area contributed by atoms with E-state index in [2.05, 4.69) is 48.3 Å². The van der Waals surface area contributed by atoms with Crippen LogP contribution >= 0.6 is 11.8 Å². The van der Waals surface area contributed by atoms with Crippen LogP contribution in [-0.2, 0) is 6.42 Å². The Bertz CT molecular complexity index is 344. The van der Waals surface area contributed by atoms with E-state index in [1.54, 1.807) is 0 Å². The highest BCUT2D eigenvalue weighted by atomic mass is 32.2. The van der Waals surface area contributed by atoms with Crippen molar-refractivity contribution in [3.8, 4) is 0 Å². The fraction of sp³-hybridized carbons (Fsp3) is 0.600. The Balaban J connectivity index is 1.87. The zero-order chi connectivity index (χ0) is 12.8. The van der Waals surface area contributed by atoms with Gasteiger partial charge >= 0.3 is 0 Å². The Morgan fingerprint density at radius 3 is 2.50 bits per heavy atom. The summed E-state index contributed by atoms with van der Waals surface area (Å²) in [6.45, 7) is 9.19. The van der Waals surface area contributed by atoms with Gasteiger partial charge in [-0.1, -0.05) is 19.1 Å². The molecule has 1 saturated heterocycles. The van der Waals surface area contributed by atoms with Crippen LogP contribution in [0.3, 0.4) is 0 Å². The van der Waals surface area contributed by atoms with Crippen LogP contribution in [0.15, 0.2) is 29.2 Å². The third-order valence-electron chi connectivity index (χ3n) is 3.54. The number of hydrogen-bond acceptors (Lipinski definition) is 3. The maximum absolute atomic E-state index is 3.41. The highest BCUT2D eigenvalue weighted by Gasteiger charge is 2.16. The first kappa shape index (κ1) is 13.9. The summed E-state index contributed by atoms with van der Waals surface area (Å²) in [4.78, 5) is 3.97. The van der Waals surface area contributed by atoms with Gasteiger partial charge in [0.1, 0.15) is 0 Å². The first-order valence-electron chi connectivity index (χ1n) is 6.96. The summed E-state index contributed by atoms with van der Waals surface area (Å²) < 4.78 is 0. The molecule has 0 saturated carbocycles. The summed E-state index contributed by atoms with van der Waals surface area (Å²) in [5.41, 5.74) is 1.46. The molecule has 1 aliphatic rings. The van der Waals surface area contributed by atoms with Gasteiger partial charge in [-0.25, -0.2) is 0 Å². The standard InChI is InChI=1S/C15H24N2S/c1-3-18-15-6-4-14(5-7-15)12-13(2)17-10-8-16-9-11-17/h4-7,13,16H,3,8-12H2,1-2H3. The smallest absolute Gasteiger partial charge is 0.0110 e. The number of piperazine rings is 1. The quantitative estimate of drug-likeness (QED) is 0.823. The number of thioether (sulfide) groups is 1. The third-order valence-corrected chi connectivity index (χ3v) is 4.43. The fourth-order valence-electron chi connectivity index (χ4n) is 2.48. The van der Waals surface area contributed by atoms with Gasteiger partial charge in [0.05, 0.1) is 0 Å². The summed E-state index contributed by atoms with van der Waals surface area (Å²) in [5.74, 6) is 1.15. The lowest BCUT2D eigenvalue weighted by atomic mass is 10.1. The normalized spacial score (nSPS) is 18.8. The SMILES string of the molecule is CCSc1ccc(CC(C)N2CCNCC2)cc1. The molecule has 18 heavy (non-hydrogen) atoms. The molecule has 0 bridgehead atoms. The van der Waals surface area contributed by atoms with Gasteiger partial charge < -0.3 is 5.32 Å². The second kappa shape index (κ2) is 7.17. The summed E-state index contributed by atoms with van der Waals surface area (Å²) in [7, 11) is 0. The third kappa shape index (κ3) is 4.01. The first-order valence-corrected chi connectivity index (χ1v) is 7.94. The Morgan fingerprint density at radius 2 is 1.89 bits per heavy atom. The van der Waals surface area contributed by atoms with E-state index in [9.17, 15) is 0 Å². The van der Waals surface area contributed by atoms with Gasteiger partial charge in [0.15, 0.2) is 0 Å². The lowest BCUT2D eigenvalue weighted by Crippen LogP contribution is -2.48. The van der Waals surface area contributed by atoms with Crippen molar-refractivity contribution in [2.24, 2.45) is 0 Å². The molecule has 1 aromatic carbocycles. The Morgan fingerprint density at radius 1 is 1.22 bits per heavy atom. The highest BCUT2D eigenvalue weighted by molar-refractivity contribution is 7.99. The molecule has 0 amide bonds. The van der Waals surface area contributed by atoms with Crippen LogP contribution in [0.5, 0.6) is 0 Å². The minimum Gasteiger partial charge on any atom is -0.314 e. The van der Waals surface area contributed by atoms with Gasteiger partial charge in [0, 0.05) is 37.1 Å². The predicted molar refractivity (Wildman–Crippen MR) is 80.4 cm³/mol. The second-order valence-corrected chi connectivity index (χ2v) is 6.25. The molecule has 100 valence electrons. The molecular formula is C15H24N2S. The van der Waals surface area contributed by atoms with Crippen LogP contribution in [0.25, 0.3) is 0 Å². The molecule has 1 N–H and O–H groups in total. The molecular weight excluding hydrogens is 240 g/mol. The molecule has 1 fully saturated rings. The minimum atomic E-state index is 0.650. The summed E-state index contributed by atoms with van der Waals surface area (Å²) in [6, 6.07) is 9.74. The van der Waals surface area contributed by atoms with Gasteiger partial charge in [-0.05, 0) is 36.8 Å². The van der Waals surface area contributed by atoms with Crippen LogP contribution in [0.2, 0.25) is 0 Å². The van der Waals surface area contributed by atoms with E-state index in [0.29, 0.717) is 6.04 Å². The highest BCUT2D eigenvalue weighted by Crippen LogP contribution is 2.19. The van der Waals surface area contributed by atoms with E-state index in [1.807, 2.05) is 11.8 Å². The second-order valence-electron chi connectivity index (χ2n) is 4.92. The maximum Gasteiger partial charge on any atom is 0.0110 e. The largest absolute Gasteiger partial charge is 0.314 e. The van der Waals surface area contributed by atoms with E-state index in [0.717, 1.165) is 25.3 Å². The molecule has 1 atom stereocenters. The number of nitrogens with one attached hydrogen (secondary N) is 1.